The van der Waals surface area contributed by atoms with E-state index in [2.05, 4.69) is 17.9 Å². The van der Waals surface area contributed by atoms with Gasteiger partial charge in [-0.25, -0.2) is 0 Å². The topological polar surface area (TPSA) is 12.5 Å². The summed E-state index contributed by atoms with van der Waals surface area (Å²) in [7, 11) is 1.76. The van der Waals surface area contributed by atoms with Crippen LogP contribution in [0.15, 0.2) is 12.0 Å². The van der Waals surface area contributed by atoms with Crippen LogP contribution in [0.4, 0.5) is 0 Å². The molecule has 0 aliphatic carbocycles. The summed E-state index contributed by atoms with van der Waals surface area (Å²) in [6.07, 6.45) is 7.21. The lowest BCUT2D eigenvalue weighted by atomic mass is 10.1. The SMILES string of the molecule is CCC=C(OC)N1CCCCC1. The van der Waals surface area contributed by atoms with E-state index >= 15 is 0 Å². The highest BCUT2D eigenvalue weighted by Crippen LogP contribution is 2.15. The van der Waals surface area contributed by atoms with Crippen molar-refractivity contribution in [3.8, 4) is 0 Å². The van der Waals surface area contributed by atoms with Gasteiger partial charge < -0.3 is 9.64 Å². The average Bonchev–Trinajstić information content (AvgIpc) is 2.15. The van der Waals surface area contributed by atoms with E-state index in [1.807, 2.05) is 0 Å². The van der Waals surface area contributed by atoms with E-state index in [4.69, 9.17) is 4.74 Å². The number of piperidine rings is 1. The van der Waals surface area contributed by atoms with Gasteiger partial charge in [-0.15, -0.1) is 0 Å². The summed E-state index contributed by atoms with van der Waals surface area (Å²) in [5.74, 6) is 1.07. The first-order valence-corrected chi connectivity index (χ1v) is 4.87. The Morgan fingerprint density at radius 2 is 2.00 bits per heavy atom. The van der Waals surface area contributed by atoms with Crippen molar-refractivity contribution < 1.29 is 4.74 Å². The lowest BCUT2D eigenvalue weighted by molar-refractivity contribution is 0.134. The van der Waals surface area contributed by atoms with Gasteiger partial charge in [0.25, 0.3) is 0 Å². The maximum atomic E-state index is 5.32. The van der Waals surface area contributed by atoms with Crippen molar-refractivity contribution in [2.24, 2.45) is 0 Å². The zero-order valence-corrected chi connectivity index (χ0v) is 8.18. The fraction of sp³-hybridized carbons (Fsp3) is 0.800. The first-order valence-electron chi connectivity index (χ1n) is 4.87. The molecule has 0 spiro atoms. The molecule has 1 fully saturated rings. The van der Waals surface area contributed by atoms with Gasteiger partial charge in [0.05, 0.1) is 7.11 Å². The fourth-order valence-electron chi connectivity index (χ4n) is 1.63. The molecule has 0 unspecified atom stereocenters. The van der Waals surface area contributed by atoms with E-state index in [0.29, 0.717) is 0 Å². The minimum absolute atomic E-state index is 1.06. The third-order valence-corrected chi connectivity index (χ3v) is 2.26. The molecule has 0 saturated carbocycles. The van der Waals surface area contributed by atoms with Gasteiger partial charge in [-0.1, -0.05) is 6.92 Å². The van der Waals surface area contributed by atoms with E-state index in [1.54, 1.807) is 7.11 Å². The highest BCUT2D eigenvalue weighted by molar-refractivity contribution is 4.93. The Kier molecular flexibility index (Phi) is 3.98. The Bertz CT molecular complexity index is 148. The van der Waals surface area contributed by atoms with Crippen molar-refractivity contribution in [3.63, 3.8) is 0 Å². The van der Waals surface area contributed by atoms with Gasteiger partial charge in [0, 0.05) is 13.1 Å². The minimum atomic E-state index is 1.06. The van der Waals surface area contributed by atoms with Crippen molar-refractivity contribution in [2.45, 2.75) is 32.6 Å². The number of allylic oxidation sites excluding steroid dienone is 1. The summed E-state index contributed by atoms with van der Waals surface area (Å²) in [5.41, 5.74) is 0. The Hall–Kier alpha value is -0.660. The molecule has 0 aromatic heterocycles. The van der Waals surface area contributed by atoms with Gasteiger partial charge in [-0.2, -0.15) is 0 Å². The van der Waals surface area contributed by atoms with Crippen molar-refractivity contribution >= 4 is 0 Å². The number of likely N-dealkylation sites (tertiary alicyclic amines) is 1. The maximum absolute atomic E-state index is 5.32. The molecule has 1 heterocycles. The molecule has 0 N–H and O–H groups in total. The Morgan fingerprint density at radius 3 is 2.50 bits per heavy atom. The number of nitrogens with zero attached hydrogens (tertiary/aromatic N) is 1. The Balaban J connectivity index is 2.46. The molecular weight excluding hydrogens is 150 g/mol. The van der Waals surface area contributed by atoms with Crippen LogP contribution in [-0.4, -0.2) is 25.1 Å². The molecule has 0 atom stereocenters. The number of hydrogen-bond donors (Lipinski definition) is 0. The van der Waals surface area contributed by atoms with E-state index in [-0.39, 0.29) is 0 Å². The van der Waals surface area contributed by atoms with Crippen molar-refractivity contribution in [1.82, 2.24) is 4.90 Å². The second kappa shape index (κ2) is 5.07. The second-order valence-electron chi connectivity index (χ2n) is 3.20. The predicted octanol–water partition coefficient (Wildman–Crippen LogP) is 2.37. The largest absolute Gasteiger partial charge is 0.483 e. The lowest BCUT2D eigenvalue weighted by Gasteiger charge is -2.29. The first-order chi connectivity index (χ1) is 5.88. The maximum Gasteiger partial charge on any atom is 0.184 e. The van der Waals surface area contributed by atoms with Crippen molar-refractivity contribution in [3.05, 3.63) is 12.0 Å². The third-order valence-electron chi connectivity index (χ3n) is 2.26. The molecule has 1 saturated heterocycles. The summed E-state index contributed by atoms with van der Waals surface area (Å²) >= 11 is 0. The number of methoxy groups -OCH3 is 1. The van der Waals surface area contributed by atoms with Crippen LogP contribution in [0, 0.1) is 0 Å². The molecule has 1 rings (SSSR count). The molecular formula is C10H19NO. The minimum Gasteiger partial charge on any atom is -0.483 e. The van der Waals surface area contributed by atoms with Crippen LogP contribution in [0.1, 0.15) is 32.6 Å². The smallest absolute Gasteiger partial charge is 0.184 e. The zero-order valence-electron chi connectivity index (χ0n) is 8.18. The molecule has 1 aliphatic rings. The van der Waals surface area contributed by atoms with E-state index < -0.39 is 0 Å². The number of hydrogen-bond acceptors (Lipinski definition) is 2. The van der Waals surface area contributed by atoms with Gasteiger partial charge >= 0.3 is 0 Å². The zero-order chi connectivity index (χ0) is 8.81. The third kappa shape index (κ3) is 2.43. The molecule has 70 valence electrons. The summed E-state index contributed by atoms with van der Waals surface area (Å²) < 4.78 is 5.32. The second-order valence-corrected chi connectivity index (χ2v) is 3.20. The van der Waals surface area contributed by atoms with Crippen LogP contribution in [0.3, 0.4) is 0 Å². The Morgan fingerprint density at radius 1 is 1.33 bits per heavy atom. The summed E-state index contributed by atoms with van der Waals surface area (Å²) in [6, 6.07) is 0. The molecule has 0 radical (unpaired) electrons. The van der Waals surface area contributed by atoms with Gasteiger partial charge in [0.2, 0.25) is 0 Å². The van der Waals surface area contributed by atoms with Gasteiger partial charge in [-0.3, -0.25) is 0 Å². The van der Waals surface area contributed by atoms with Crippen LogP contribution in [0.25, 0.3) is 0 Å². The standard InChI is InChI=1S/C10H19NO/c1-3-7-10(12-2)11-8-5-4-6-9-11/h7H,3-6,8-9H2,1-2H3. The quantitative estimate of drug-likeness (QED) is 0.601. The van der Waals surface area contributed by atoms with E-state index in [9.17, 15) is 0 Å². The van der Waals surface area contributed by atoms with Gasteiger partial charge in [-0.05, 0) is 31.8 Å². The molecule has 0 aromatic rings. The monoisotopic (exact) mass is 169 g/mol. The van der Waals surface area contributed by atoms with Crippen LogP contribution >= 0.6 is 0 Å². The normalized spacial score (nSPS) is 19.5. The van der Waals surface area contributed by atoms with E-state index in [0.717, 1.165) is 12.3 Å². The fourth-order valence-corrected chi connectivity index (χ4v) is 1.63. The number of rotatable bonds is 3. The van der Waals surface area contributed by atoms with Crippen LogP contribution in [0.2, 0.25) is 0 Å². The highest BCUT2D eigenvalue weighted by Gasteiger charge is 2.12. The van der Waals surface area contributed by atoms with Crippen molar-refractivity contribution in [2.75, 3.05) is 20.2 Å². The van der Waals surface area contributed by atoms with Crippen LogP contribution in [-0.2, 0) is 4.74 Å². The molecule has 0 amide bonds. The molecule has 0 bridgehead atoms. The van der Waals surface area contributed by atoms with Crippen molar-refractivity contribution in [1.29, 1.82) is 0 Å². The highest BCUT2D eigenvalue weighted by atomic mass is 16.5. The average molecular weight is 169 g/mol. The predicted molar refractivity (Wildman–Crippen MR) is 50.8 cm³/mol. The molecule has 12 heavy (non-hydrogen) atoms. The van der Waals surface area contributed by atoms with Crippen LogP contribution in [0.5, 0.6) is 0 Å². The van der Waals surface area contributed by atoms with Gasteiger partial charge in [0.1, 0.15) is 0 Å². The lowest BCUT2D eigenvalue weighted by Crippen LogP contribution is -2.29. The first kappa shape index (κ1) is 9.43. The molecule has 2 nitrogen and oxygen atoms in total. The summed E-state index contributed by atoms with van der Waals surface area (Å²) in [5, 5.41) is 0. The van der Waals surface area contributed by atoms with Crippen LogP contribution < -0.4 is 0 Å². The molecule has 0 aromatic carbocycles. The molecule has 1 aliphatic heterocycles. The van der Waals surface area contributed by atoms with Gasteiger partial charge in [0.15, 0.2) is 5.88 Å². The number of ether oxygens (including phenoxy) is 1. The Labute approximate surface area is 75.2 Å². The summed E-state index contributed by atoms with van der Waals surface area (Å²) in [4.78, 5) is 2.34. The van der Waals surface area contributed by atoms with E-state index in [1.165, 1.54) is 32.4 Å². The summed E-state index contributed by atoms with van der Waals surface area (Å²) in [6.45, 7) is 4.47. The molecule has 2 heteroatoms.